The maximum absolute atomic E-state index is 3.49. The van der Waals surface area contributed by atoms with Crippen LogP contribution in [0.5, 0.6) is 0 Å². The summed E-state index contributed by atoms with van der Waals surface area (Å²) in [4.78, 5) is 1.66. The zero-order chi connectivity index (χ0) is 7.97. The van der Waals surface area contributed by atoms with Gasteiger partial charge in [0, 0.05) is 4.88 Å². The highest BCUT2D eigenvalue weighted by molar-refractivity contribution is 7.10. The van der Waals surface area contributed by atoms with Crippen LogP contribution in [0.25, 0.3) is 0 Å². The van der Waals surface area contributed by atoms with Crippen molar-refractivity contribution in [2.75, 3.05) is 13.1 Å². The van der Waals surface area contributed by atoms with Crippen molar-refractivity contribution in [3.05, 3.63) is 21.9 Å². The van der Waals surface area contributed by atoms with E-state index < -0.39 is 0 Å². The summed E-state index contributed by atoms with van der Waals surface area (Å²) in [5.41, 5.74) is 1.67. The van der Waals surface area contributed by atoms with E-state index in [-0.39, 0.29) is 0 Å². The van der Waals surface area contributed by atoms with Crippen LogP contribution in [0.1, 0.15) is 22.8 Å². The second-order valence-corrected chi connectivity index (χ2v) is 4.86. The molecule has 0 saturated carbocycles. The second kappa shape index (κ2) is 2.57. The lowest BCUT2D eigenvalue weighted by atomic mass is 9.87. The highest BCUT2D eigenvalue weighted by Gasteiger charge is 2.34. The number of rotatable bonds is 0. The fourth-order valence-electron chi connectivity index (χ4n) is 2.63. The number of hydrogen-bond donors (Lipinski definition) is 1. The molecule has 0 aromatic carbocycles. The van der Waals surface area contributed by atoms with Gasteiger partial charge in [0.25, 0.3) is 0 Å². The Hall–Kier alpha value is -0.340. The highest BCUT2D eigenvalue weighted by Crippen LogP contribution is 2.43. The van der Waals surface area contributed by atoms with Gasteiger partial charge in [-0.3, -0.25) is 0 Å². The molecule has 1 aliphatic carbocycles. The van der Waals surface area contributed by atoms with Crippen LogP contribution in [0.4, 0.5) is 0 Å². The van der Waals surface area contributed by atoms with Gasteiger partial charge in [0.1, 0.15) is 0 Å². The summed E-state index contributed by atoms with van der Waals surface area (Å²) in [6.45, 7) is 2.46. The maximum atomic E-state index is 3.49. The van der Waals surface area contributed by atoms with Gasteiger partial charge in [0.2, 0.25) is 0 Å². The van der Waals surface area contributed by atoms with Gasteiger partial charge in [-0.25, -0.2) is 0 Å². The van der Waals surface area contributed by atoms with E-state index in [1.165, 1.54) is 25.9 Å². The Balaban J connectivity index is 1.98. The van der Waals surface area contributed by atoms with Crippen LogP contribution in [0.3, 0.4) is 0 Å². The smallest absolute Gasteiger partial charge is 0.00836 e. The number of hydrogen-bond acceptors (Lipinski definition) is 2. The molecular weight excluding hydrogens is 166 g/mol. The normalized spacial score (nSPS) is 33.0. The molecule has 1 N–H and O–H groups in total. The minimum atomic E-state index is 0.896. The molecule has 2 aliphatic rings. The third kappa shape index (κ3) is 0.882. The Morgan fingerprint density at radius 3 is 3.50 bits per heavy atom. The molecule has 1 aromatic rings. The van der Waals surface area contributed by atoms with Gasteiger partial charge in [0.05, 0.1) is 0 Å². The molecule has 1 aromatic heterocycles. The number of nitrogens with one attached hydrogen (secondary N) is 1. The average Bonchev–Trinajstić information content (AvgIpc) is 2.62. The van der Waals surface area contributed by atoms with Crippen molar-refractivity contribution in [1.82, 2.24) is 5.32 Å². The average molecular weight is 179 g/mol. The second-order valence-electron chi connectivity index (χ2n) is 3.86. The number of thiophene rings is 1. The summed E-state index contributed by atoms with van der Waals surface area (Å²) in [7, 11) is 0. The van der Waals surface area contributed by atoms with Crippen LogP contribution in [0.2, 0.25) is 0 Å². The zero-order valence-corrected chi connectivity index (χ0v) is 7.86. The Kier molecular flexibility index (Phi) is 1.52. The lowest BCUT2D eigenvalue weighted by Gasteiger charge is -2.26. The van der Waals surface area contributed by atoms with Gasteiger partial charge >= 0.3 is 0 Å². The fraction of sp³-hybridized carbons (Fsp3) is 0.600. The van der Waals surface area contributed by atoms with E-state index >= 15 is 0 Å². The molecule has 0 bridgehead atoms. The molecule has 1 fully saturated rings. The van der Waals surface area contributed by atoms with Crippen LogP contribution in [0, 0.1) is 5.92 Å². The van der Waals surface area contributed by atoms with E-state index in [4.69, 9.17) is 0 Å². The molecule has 0 amide bonds. The van der Waals surface area contributed by atoms with Crippen LogP contribution in [0.15, 0.2) is 11.4 Å². The van der Waals surface area contributed by atoms with E-state index in [1.807, 2.05) is 11.3 Å². The quantitative estimate of drug-likeness (QED) is 0.642. The lowest BCUT2D eigenvalue weighted by molar-refractivity contribution is 0.350. The van der Waals surface area contributed by atoms with Gasteiger partial charge in [0.15, 0.2) is 0 Å². The summed E-state index contributed by atoms with van der Waals surface area (Å²) in [5.74, 6) is 1.81. The molecule has 2 heterocycles. The first-order valence-electron chi connectivity index (χ1n) is 4.72. The SMILES string of the molecule is c1cc2c(s1)CC1CNCC[C@@H]21. The third-order valence-corrected chi connectivity index (χ3v) is 4.19. The van der Waals surface area contributed by atoms with E-state index in [1.54, 1.807) is 10.4 Å². The first kappa shape index (κ1) is 7.10. The Morgan fingerprint density at radius 1 is 1.50 bits per heavy atom. The molecular formula is C10H13NS. The summed E-state index contributed by atoms with van der Waals surface area (Å²) in [6, 6.07) is 2.34. The minimum Gasteiger partial charge on any atom is -0.316 e. The first-order valence-corrected chi connectivity index (χ1v) is 5.60. The molecule has 12 heavy (non-hydrogen) atoms. The van der Waals surface area contributed by atoms with Crippen molar-refractivity contribution in [2.24, 2.45) is 5.92 Å². The van der Waals surface area contributed by atoms with Gasteiger partial charge in [-0.15, -0.1) is 11.3 Å². The third-order valence-electron chi connectivity index (χ3n) is 3.23. The van der Waals surface area contributed by atoms with E-state index in [0.717, 1.165) is 11.8 Å². The maximum Gasteiger partial charge on any atom is 0.00836 e. The largest absolute Gasteiger partial charge is 0.316 e. The molecule has 0 radical (unpaired) electrons. The van der Waals surface area contributed by atoms with Crippen LogP contribution in [-0.4, -0.2) is 13.1 Å². The molecule has 3 rings (SSSR count). The predicted molar refractivity (Wildman–Crippen MR) is 51.7 cm³/mol. The fourth-order valence-corrected chi connectivity index (χ4v) is 3.68. The van der Waals surface area contributed by atoms with Crippen LogP contribution < -0.4 is 5.32 Å². The molecule has 1 aliphatic heterocycles. The molecule has 2 heteroatoms. The molecule has 1 nitrogen and oxygen atoms in total. The van der Waals surface area contributed by atoms with Gasteiger partial charge in [-0.05, 0) is 54.8 Å². The van der Waals surface area contributed by atoms with E-state index in [0.29, 0.717) is 0 Å². The Bertz CT molecular complexity index is 292. The highest BCUT2D eigenvalue weighted by atomic mass is 32.1. The molecule has 1 unspecified atom stereocenters. The summed E-state index contributed by atoms with van der Waals surface area (Å²) in [6.07, 6.45) is 2.69. The van der Waals surface area contributed by atoms with E-state index in [2.05, 4.69) is 16.8 Å². The Morgan fingerprint density at radius 2 is 2.50 bits per heavy atom. The molecule has 0 spiro atoms. The van der Waals surface area contributed by atoms with E-state index in [9.17, 15) is 0 Å². The lowest BCUT2D eigenvalue weighted by Crippen LogP contribution is -2.33. The van der Waals surface area contributed by atoms with Crippen molar-refractivity contribution in [1.29, 1.82) is 0 Å². The predicted octanol–water partition coefficient (Wildman–Crippen LogP) is 2.00. The zero-order valence-electron chi connectivity index (χ0n) is 7.05. The van der Waals surface area contributed by atoms with Gasteiger partial charge in [-0.1, -0.05) is 0 Å². The summed E-state index contributed by atoms with van der Waals surface area (Å²) >= 11 is 1.95. The van der Waals surface area contributed by atoms with Crippen molar-refractivity contribution in [3.63, 3.8) is 0 Å². The molecule has 64 valence electrons. The monoisotopic (exact) mass is 179 g/mol. The van der Waals surface area contributed by atoms with Crippen LogP contribution in [-0.2, 0) is 6.42 Å². The van der Waals surface area contributed by atoms with Crippen molar-refractivity contribution < 1.29 is 0 Å². The minimum absolute atomic E-state index is 0.896. The summed E-state index contributed by atoms with van der Waals surface area (Å²) in [5, 5.41) is 5.74. The van der Waals surface area contributed by atoms with Crippen molar-refractivity contribution >= 4 is 11.3 Å². The standard InChI is InChI=1S/C10H13NS/c1-3-11-6-7-5-10-9(8(1)7)2-4-12-10/h2,4,7-8,11H,1,3,5-6H2/t7?,8-/m1/s1. The molecule has 2 atom stereocenters. The first-order chi connectivity index (χ1) is 5.95. The Labute approximate surface area is 76.8 Å². The van der Waals surface area contributed by atoms with Gasteiger partial charge < -0.3 is 5.32 Å². The number of piperidine rings is 1. The molecule has 1 saturated heterocycles. The van der Waals surface area contributed by atoms with Crippen LogP contribution >= 0.6 is 11.3 Å². The van der Waals surface area contributed by atoms with Crippen molar-refractivity contribution in [2.45, 2.75) is 18.8 Å². The summed E-state index contributed by atoms with van der Waals surface area (Å²) < 4.78 is 0. The topological polar surface area (TPSA) is 12.0 Å². The van der Waals surface area contributed by atoms with Crippen molar-refractivity contribution in [3.8, 4) is 0 Å². The number of fused-ring (bicyclic) bond motifs is 3. The van der Waals surface area contributed by atoms with Gasteiger partial charge in [-0.2, -0.15) is 0 Å².